The van der Waals surface area contributed by atoms with Gasteiger partial charge in [0.15, 0.2) is 5.96 Å². The minimum atomic E-state index is 0. The number of benzene rings is 2. The molecule has 1 heterocycles. The molecule has 6 nitrogen and oxygen atoms in total. The normalized spacial score (nSPS) is 11.3. The van der Waals surface area contributed by atoms with Crippen molar-refractivity contribution < 1.29 is 9.47 Å². The average Bonchev–Trinajstić information content (AvgIpc) is 3.14. The maximum Gasteiger partial charge on any atom is 0.191 e. The van der Waals surface area contributed by atoms with E-state index in [-0.39, 0.29) is 24.0 Å². The molecule has 31 heavy (non-hydrogen) atoms. The molecule has 0 spiro atoms. The number of fused-ring (bicyclic) bond motifs is 1. The molecule has 0 saturated carbocycles. The highest BCUT2D eigenvalue weighted by molar-refractivity contribution is 14.0. The number of aryl methyl sites for hydroxylation is 1. The number of methoxy groups -OCH3 is 1. The SMILES string of the molecule is CCNC(=NCc1cccc(OCCOC)c1)NCCc1c[nH]c2cc(C)ccc12.I. The monoisotopic (exact) mass is 536 g/mol. The van der Waals surface area contributed by atoms with Crippen LogP contribution in [0.25, 0.3) is 10.9 Å². The second-order valence-electron chi connectivity index (χ2n) is 7.22. The molecule has 0 fully saturated rings. The van der Waals surface area contributed by atoms with Gasteiger partial charge in [0.25, 0.3) is 0 Å². The molecule has 3 rings (SSSR count). The maximum atomic E-state index is 5.68. The summed E-state index contributed by atoms with van der Waals surface area (Å²) in [6.45, 7) is 7.52. The van der Waals surface area contributed by atoms with E-state index in [0.29, 0.717) is 19.8 Å². The van der Waals surface area contributed by atoms with E-state index in [1.165, 1.54) is 22.0 Å². The number of H-pyrrole nitrogens is 1. The quantitative estimate of drug-likeness (QED) is 0.155. The van der Waals surface area contributed by atoms with Crippen molar-refractivity contribution in [3.05, 3.63) is 65.4 Å². The van der Waals surface area contributed by atoms with Gasteiger partial charge in [-0.25, -0.2) is 4.99 Å². The topological polar surface area (TPSA) is 70.7 Å². The zero-order valence-electron chi connectivity index (χ0n) is 18.5. The third kappa shape index (κ3) is 7.74. The Morgan fingerprint density at radius 3 is 2.77 bits per heavy atom. The second kappa shape index (κ2) is 13.2. The largest absolute Gasteiger partial charge is 0.491 e. The first kappa shape index (κ1) is 25.0. The molecule has 0 bridgehead atoms. The highest BCUT2D eigenvalue weighted by atomic mass is 127. The number of nitrogens with one attached hydrogen (secondary N) is 3. The zero-order valence-corrected chi connectivity index (χ0v) is 20.9. The summed E-state index contributed by atoms with van der Waals surface area (Å²) in [7, 11) is 1.67. The first-order chi connectivity index (χ1) is 14.7. The number of nitrogens with zero attached hydrogens (tertiary/aromatic N) is 1. The van der Waals surface area contributed by atoms with Crippen LogP contribution in [0.1, 0.15) is 23.6 Å². The summed E-state index contributed by atoms with van der Waals surface area (Å²) in [5.74, 6) is 1.66. The van der Waals surface area contributed by atoms with Crippen molar-refractivity contribution in [1.29, 1.82) is 0 Å². The fraction of sp³-hybridized carbons (Fsp3) is 0.375. The lowest BCUT2D eigenvalue weighted by atomic mass is 10.1. The van der Waals surface area contributed by atoms with Crippen molar-refractivity contribution >= 4 is 40.8 Å². The molecule has 0 radical (unpaired) electrons. The van der Waals surface area contributed by atoms with E-state index in [2.05, 4.69) is 59.9 Å². The summed E-state index contributed by atoms with van der Waals surface area (Å²) in [5, 5.41) is 8.04. The van der Waals surface area contributed by atoms with Gasteiger partial charge in [-0.2, -0.15) is 0 Å². The minimum absolute atomic E-state index is 0. The summed E-state index contributed by atoms with van der Waals surface area (Å²) in [4.78, 5) is 8.09. The number of halogens is 1. The van der Waals surface area contributed by atoms with E-state index >= 15 is 0 Å². The molecular formula is C24H33IN4O2. The number of ether oxygens (including phenoxy) is 2. The molecule has 0 amide bonds. The second-order valence-corrected chi connectivity index (χ2v) is 7.22. The van der Waals surface area contributed by atoms with Gasteiger partial charge >= 0.3 is 0 Å². The molecule has 0 aliphatic heterocycles. The standard InChI is InChI=1S/C24H32N4O2.HI/c1-4-25-24(28-16-19-6-5-7-21(15-19)30-13-12-29-3)26-11-10-20-17-27-23-14-18(2)8-9-22(20)23;/h5-9,14-15,17,27H,4,10-13,16H2,1-3H3,(H2,25,26,28);1H. The van der Waals surface area contributed by atoms with E-state index < -0.39 is 0 Å². The van der Waals surface area contributed by atoms with E-state index in [1.54, 1.807) is 7.11 Å². The predicted octanol–water partition coefficient (Wildman–Crippen LogP) is 4.42. The van der Waals surface area contributed by atoms with Crippen LogP contribution >= 0.6 is 24.0 Å². The van der Waals surface area contributed by atoms with Crippen molar-refractivity contribution in [3.63, 3.8) is 0 Å². The lowest BCUT2D eigenvalue weighted by Gasteiger charge is -2.11. The Kier molecular flexibility index (Phi) is 10.7. The van der Waals surface area contributed by atoms with Gasteiger partial charge in [-0.15, -0.1) is 24.0 Å². The maximum absolute atomic E-state index is 5.68. The Morgan fingerprint density at radius 2 is 1.97 bits per heavy atom. The first-order valence-electron chi connectivity index (χ1n) is 10.5. The van der Waals surface area contributed by atoms with Gasteiger partial charge in [0, 0.05) is 37.3 Å². The molecule has 3 aromatic rings. The number of guanidine groups is 1. The van der Waals surface area contributed by atoms with Crippen LogP contribution < -0.4 is 15.4 Å². The predicted molar refractivity (Wildman–Crippen MR) is 139 cm³/mol. The fourth-order valence-corrected chi connectivity index (χ4v) is 3.31. The van der Waals surface area contributed by atoms with Gasteiger partial charge in [-0.3, -0.25) is 0 Å². The van der Waals surface area contributed by atoms with Gasteiger partial charge in [0.05, 0.1) is 13.2 Å². The van der Waals surface area contributed by atoms with Crippen molar-refractivity contribution in [1.82, 2.24) is 15.6 Å². The number of aliphatic imine (C=N–C) groups is 1. The molecule has 168 valence electrons. The Morgan fingerprint density at radius 1 is 1.10 bits per heavy atom. The van der Waals surface area contributed by atoms with Crippen LogP contribution in [0.4, 0.5) is 0 Å². The van der Waals surface area contributed by atoms with Crippen LogP contribution in [0.15, 0.2) is 53.7 Å². The van der Waals surface area contributed by atoms with E-state index in [1.807, 2.05) is 18.2 Å². The van der Waals surface area contributed by atoms with Crippen molar-refractivity contribution in [2.45, 2.75) is 26.8 Å². The number of rotatable bonds is 10. The van der Waals surface area contributed by atoms with Crippen LogP contribution in [0.5, 0.6) is 5.75 Å². The van der Waals surface area contributed by atoms with Gasteiger partial charge < -0.3 is 25.1 Å². The molecule has 0 aliphatic rings. The minimum Gasteiger partial charge on any atom is -0.491 e. The average molecular weight is 536 g/mol. The Labute approximate surface area is 201 Å². The summed E-state index contributed by atoms with van der Waals surface area (Å²) in [6, 6.07) is 14.6. The number of aromatic amines is 1. The lowest BCUT2D eigenvalue weighted by molar-refractivity contribution is 0.146. The van der Waals surface area contributed by atoms with Gasteiger partial charge in [-0.1, -0.05) is 24.3 Å². The lowest BCUT2D eigenvalue weighted by Crippen LogP contribution is -2.38. The Balaban J connectivity index is 0.00000341. The number of hydrogen-bond donors (Lipinski definition) is 3. The van der Waals surface area contributed by atoms with Gasteiger partial charge in [0.2, 0.25) is 0 Å². The van der Waals surface area contributed by atoms with Gasteiger partial charge in [-0.05, 0) is 55.2 Å². The molecule has 7 heteroatoms. The summed E-state index contributed by atoms with van der Waals surface area (Å²) in [5.41, 5.74) is 4.88. The van der Waals surface area contributed by atoms with Gasteiger partial charge in [0.1, 0.15) is 12.4 Å². The molecule has 0 saturated heterocycles. The zero-order chi connectivity index (χ0) is 21.2. The Hall–Kier alpha value is -2.26. The summed E-state index contributed by atoms with van der Waals surface area (Å²) in [6.07, 6.45) is 3.03. The molecule has 3 N–H and O–H groups in total. The Bertz CT molecular complexity index is 971. The summed E-state index contributed by atoms with van der Waals surface area (Å²) >= 11 is 0. The highest BCUT2D eigenvalue weighted by Crippen LogP contribution is 2.19. The third-order valence-electron chi connectivity index (χ3n) is 4.83. The van der Waals surface area contributed by atoms with Crippen molar-refractivity contribution in [2.24, 2.45) is 4.99 Å². The fourth-order valence-electron chi connectivity index (χ4n) is 3.31. The van der Waals surface area contributed by atoms with Crippen LogP contribution in [0.3, 0.4) is 0 Å². The molecule has 0 unspecified atom stereocenters. The molecule has 0 aliphatic carbocycles. The highest BCUT2D eigenvalue weighted by Gasteiger charge is 2.05. The van der Waals surface area contributed by atoms with Crippen molar-refractivity contribution in [2.75, 3.05) is 33.4 Å². The summed E-state index contributed by atoms with van der Waals surface area (Å²) < 4.78 is 10.7. The van der Waals surface area contributed by atoms with Crippen LogP contribution in [-0.4, -0.2) is 44.4 Å². The molecule has 2 aromatic carbocycles. The van der Waals surface area contributed by atoms with E-state index in [9.17, 15) is 0 Å². The molecular weight excluding hydrogens is 503 g/mol. The van der Waals surface area contributed by atoms with Crippen LogP contribution in [0, 0.1) is 6.92 Å². The molecule has 1 aromatic heterocycles. The first-order valence-corrected chi connectivity index (χ1v) is 10.5. The van der Waals surface area contributed by atoms with Crippen LogP contribution in [-0.2, 0) is 17.7 Å². The number of aromatic nitrogens is 1. The number of hydrogen-bond acceptors (Lipinski definition) is 3. The third-order valence-corrected chi connectivity index (χ3v) is 4.83. The van der Waals surface area contributed by atoms with E-state index in [0.717, 1.165) is 36.8 Å². The van der Waals surface area contributed by atoms with E-state index in [4.69, 9.17) is 14.5 Å². The van der Waals surface area contributed by atoms with Crippen molar-refractivity contribution in [3.8, 4) is 5.75 Å². The van der Waals surface area contributed by atoms with Crippen LogP contribution in [0.2, 0.25) is 0 Å². The molecule has 0 atom stereocenters. The smallest absolute Gasteiger partial charge is 0.191 e.